The average Bonchev–Trinajstić information content (AvgIpc) is 3.46. The quantitative estimate of drug-likeness (QED) is 0.246. The molecule has 0 fully saturated rings. The van der Waals surface area contributed by atoms with Gasteiger partial charge in [0.1, 0.15) is 0 Å². The Hall–Kier alpha value is -4.40. The lowest BCUT2D eigenvalue weighted by Crippen LogP contribution is -2.14. The normalized spacial score (nSPS) is 13.6. The zero-order valence-electron chi connectivity index (χ0n) is 22.0. The number of fused-ring (bicyclic) bond motifs is 7. The van der Waals surface area contributed by atoms with E-state index in [2.05, 4.69) is 140 Å². The van der Waals surface area contributed by atoms with Crippen LogP contribution in [-0.4, -0.2) is 0 Å². The van der Waals surface area contributed by atoms with Gasteiger partial charge >= 0.3 is 0 Å². The zero-order valence-corrected chi connectivity index (χ0v) is 22.8. The van der Waals surface area contributed by atoms with Gasteiger partial charge in [0.05, 0.1) is 0 Å². The van der Waals surface area contributed by atoms with Gasteiger partial charge in [0.2, 0.25) is 0 Å². The predicted octanol–water partition coefficient (Wildman–Crippen LogP) is 10.9. The van der Waals surface area contributed by atoms with Crippen LogP contribution in [0.3, 0.4) is 0 Å². The summed E-state index contributed by atoms with van der Waals surface area (Å²) in [6, 6.07) is 44.4. The summed E-state index contributed by atoms with van der Waals surface area (Å²) in [4.78, 5) is 0. The highest BCUT2D eigenvalue weighted by Crippen LogP contribution is 2.50. The van der Waals surface area contributed by atoms with Gasteiger partial charge in [0.25, 0.3) is 0 Å². The number of anilines is 2. The molecule has 0 saturated heterocycles. The third-order valence-electron chi connectivity index (χ3n) is 8.47. The molecule has 0 atom stereocenters. The Morgan fingerprint density at radius 1 is 0.564 bits per heavy atom. The Labute approximate surface area is 232 Å². The van der Waals surface area contributed by atoms with Crippen molar-refractivity contribution in [2.45, 2.75) is 19.3 Å². The molecule has 1 aliphatic rings. The first-order chi connectivity index (χ1) is 19.1. The van der Waals surface area contributed by atoms with Gasteiger partial charge in [-0.15, -0.1) is 11.3 Å². The van der Waals surface area contributed by atoms with E-state index in [1.165, 1.54) is 64.3 Å². The number of thiophene rings is 1. The van der Waals surface area contributed by atoms with Crippen LogP contribution < -0.4 is 5.32 Å². The van der Waals surface area contributed by atoms with Crippen molar-refractivity contribution in [2.75, 3.05) is 5.32 Å². The van der Waals surface area contributed by atoms with E-state index in [-0.39, 0.29) is 5.41 Å². The first-order valence-corrected chi connectivity index (χ1v) is 14.3. The van der Waals surface area contributed by atoms with Crippen LogP contribution in [0.4, 0.5) is 11.4 Å². The highest BCUT2D eigenvalue weighted by molar-refractivity contribution is 7.26. The van der Waals surface area contributed by atoms with E-state index >= 15 is 0 Å². The van der Waals surface area contributed by atoms with Crippen molar-refractivity contribution in [3.8, 4) is 22.3 Å². The molecule has 1 aliphatic carbocycles. The first-order valence-electron chi connectivity index (χ1n) is 13.5. The van der Waals surface area contributed by atoms with E-state index in [0.29, 0.717) is 0 Å². The number of benzene rings is 6. The van der Waals surface area contributed by atoms with Crippen molar-refractivity contribution in [3.63, 3.8) is 0 Å². The Morgan fingerprint density at radius 3 is 2.21 bits per heavy atom. The van der Waals surface area contributed by atoms with Crippen LogP contribution in [0.15, 0.2) is 121 Å². The minimum Gasteiger partial charge on any atom is -0.355 e. The molecule has 0 spiro atoms. The molecule has 0 amide bonds. The van der Waals surface area contributed by atoms with Crippen LogP contribution in [0.5, 0.6) is 0 Å². The molecule has 1 heterocycles. The fourth-order valence-electron chi connectivity index (χ4n) is 6.56. The van der Waals surface area contributed by atoms with Gasteiger partial charge in [0, 0.05) is 48.1 Å². The van der Waals surface area contributed by atoms with Gasteiger partial charge in [-0.1, -0.05) is 111 Å². The Bertz CT molecular complexity index is 2080. The van der Waals surface area contributed by atoms with E-state index in [1.807, 2.05) is 11.3 Å². The fraction of sp³-hybridized carbons (Fsp3) is 0.0811. The summed E-state index contributed by atoms with van der Waals surface area (Å²) >= 11 is 1.89. The van der Waals surface area contributed by atoms with Crippen molar-refractivity contribution < 1.29 is 0 Å². The highest BCUT2D eigenvalue weighted by Gasteiger charge is 2.35. The van der Waals surface area contributed by atoms with E-state index in [9.17, 15) is 0 Å². The molecule has 1 nitrogen and oxygen atoms in total. The number of nitrogens with one attached hydrogen (secondary N) is 1. The monoisotopic (exact) mass is 517 g/mol. The Kier molecular flexibility index (Phi) is 4.80. The molecule has 6 aromatic carbocycles. The molecule has 1 aromatic heterocycles. The topological polar surface area (TPSA) is 12.0 Å². The highest BCUT2D eigenvalue weighted by atomic mass is 32.1. The molecule has 7 aromatic rings. The molecule has 186 valence electrons. The van der Waals surface area contributed by atoms with Gasteiger partial charge in [-0.2, -0.15) is 0 Å². The Balaban J connectivity index is 1.34. The van der Waals surface area contributed by atoms with Crippen LogP contribution >= 0.6 is 11.3 Å². The summed E-state index contributed by atoms with van der Waals surface area (Å²) in [7, 11) is 0. The number of hydrogen-bond donors (Lipinski definition) is 1. The van der Waals surface area contributed by atoms with Crippen LogP contribution in [-0.2, 0) is 5.41 Å². The standard InChI is InChI=1S/C37H27NS/c1-37(2)31-16-7-5-12-26(31)30-22-24(19-20-32(30)37)38-33-21-18-23-10-3-4-11-25(23)35(33)29-15-9-14-28-27-13-6-8-17-34(27)39-36(28)29/h3-22,38H,1-2H3. The van der Waals surface area contributed by atoms with E-state index in [0.717, 1.165) is 11.4 Å². The van der Waals surface area contributed by atoms with Gasteiger partial charge in [-0.05, 0) is 57.3 Å². The molecule has 1 N–H and O–H groups in total. The van der Waals surface area contributed by atoms with Crippen LogP contribution in [0, 0.1) is 0 Å². The summed E-state index contributed by atoms with van der Waals surface area (Å²) in [6.45, 7) is 4.66. The summed E-state index contributed by atoms with van der Waals surface area (Å²) in [5.41, 5.74) is 10.3. The third-order valence-corrected chi connectivity index (χ3v) is 9.69. The Morgan fingerprint density at radius 2 is 1.28 bits per heavy atom. The lowest BCUT2D eigenvalue weighted by Gasteiger charge is -2.21. The number of hydrogen-bond acceptors (Lipinski definition) is 2. The zero-order chi connectivity index (χ0) is 26.1. The number of rotatable bonds is 3. The molecular weight excluding hydrogens is 490 g/mol. The van der Waals surface area contributed by atoms with Crippen molar-refractivity contribution in [1.29, 1.82) is 0 Å². The molecule has 0 aliphatic heterocycles. The molecule has 8 rings (SSSR count). The van der Waals surface area contributed by atoms with Crippen molar-refractivity contribution in [3.05, 3.63) is 132 Å². The smallest absolute Gasteiger partial charge is 0.0470 e. The van der Waals surface area contributed by atoms with Gasteiger partial charge in [-0.25, -0.2) is 0 Å². The van der Waals surface area contributed by atoms with Crippen LogP contribution in [0.25, 0.3) is 53.2 Å². The maximum Gasteiger partial charge on any atom is 0.0470 e. The molecule has 0 unspecified atom stereocenters. The van der Waals surface area contributed by atoms with E-state index in [1.54, 1.807) is 0 Å². The van der Waals surface area contributed by atoms with E-state index < -0.39 is 0 Å². The van der Waals surface area contributed by atoms with Crippen molar-refractivity contribution in [2.24, 2.45) is 0 Å². The minimum atomic E-state index is 0.00931. The van der Waals surface area contributed by atoms with Crippen molar-refractivity contribution in [1.82, 2.24) is 0 Å². The predicted molar refractivity (Wildman–Crippen MR) is 170 cm³/mol. The SMILES string of the molecule is CC1(C)c2ccccc2-c2cc(Nc3ccc4ccccc4c3-c3cccc4c3sc3ccccc34)ccc21. The second-order valence-corrected chi connectivity index (χ2v) is 12.1. The molecular formula is C37H27NS. The summed E-state index contributed by atoms with van der Waals surface area (Å²) < 4.78 is 2.66. The maximum absolute atomic E-state index is 3.85. The lowest BCUT2D eigenvalue weighted by molar-refractivity contribution is 0.660. The van der Waals surface area contributed by atoms with Gasteiger partial charge in [0.15, 0.2) is 0 Å². The largest absolute Gasteiger partial charge is 0.355 e. The second kappa shape index (κ2) is 8.30. The van der Waals surface area contributed by atoms with Gasteiger partial charge in [-0.3, -0.25) is 0 Å². The van der Waals surface area contributed by atoms with E-state index in [4.69, 9.17) is 0 Å². The molecule has 0 radical (unpaired) electrons. The molecule has 39 heavy (non-hydrogen) atoms. The van der Waals surface area contributed by atoms with Crippen LogP contribution in [0.1, 0.15) is 25.0 Å². The van der Waals surface area contributed by atoms with Crippen LogP contribution in [0.2, 0.25) is 0 Å². The second-order valence-electron chi connectivity index (χ2n) is 11.0. The average molecular weight is 518 g/mol. The first kappa shape index (κ1) is 22.6. The summed E-state index contributed by atoms with van der Waals surface area (Å²) in [6.07, 6.45) is 0. The lowest BCUT2D eigenvalue weighted by atomic mass is 9.82. The summed E-state index contributed by atoms with van der Waals surface area (Å²) in [5, 5.41) is 9.02. The fourth-order valence-corrected chi connectivity index (χ4v) is 7.79. The summed E-state index contributed by atoms with van der Waals surface area (Å²) in [5.74, 6) is 0. The molecule has 2 heteroatoms. The van der Waals surface area contributed by atoms with Crippen molar-refractivity contribution >= 4 is 53.7 Å². The molecule has 0 saturated carbocycles. The third kappa shape index (κ3) is 3.32. The maximum atomic E-state index is 3.85. The molecule has 0 bridgehead atoms. The van der Waals surface area contributed by atoms with Gasteiger partial charge < -0.3 is 5.32 Å². The minimum absolute atomic E-state index is 0.00931.